The monoisotopic (exact) mass is 1120 g/mol. The number of azo groups is 2. The second kappa shape index (κ2) is 24.7. The van der Waals surface area contributed by atoms with Crippen LogP contribution in [0.25, 0.3) is 21.5 Å². The Balaban J connectivity index is 0.000000241. The van der Waals surface area contributed by atoms with Crippen LogP contribution >= 0.6 is 23.2 Å². The molecule has 0 saturated heterocycles. The molecule has 380 valence electrons. The SMILES string of the molecule is CCOc1cccc(N=C([O-])c2cc3ccccc3c(N=Nc3c(Cl)ccc(S(=O)(=O)O)c3C)c2[O-])c1.CCOc1cccc(NC(=O)c2cc3ccccc3c(N=Nc3c(Cl)ccc(S(=O)(=O)O)c3C)c2O)c1.[Ca+2]. The van der Waals surface area contributed by atoms with Crippen molar-refractivity contribution in [2.75, 3.05) is 18.5 Å². The van der Waals surface area contributed by atoms with Crippen molar-refractivity contribution >= 4 is 149 Å². The number of fused-ring (bicyclic) bond motifs is 2. The molecule has 1 amide bonds. The fourth-order valence-corrected chi connectivity index (χ4v) is 9.41. The summed E-state index contributed by atoms with van der Waals surface area (Å²) in [5.41, 5.74) is 0.418. The summed E-state index contributed by atoms with van der Waals surface area (Å²) >= 11 is 12.4. The quantitative estimate of drug-likeness (QED) is 0.0260. The Bertz CT molecular complexity index is 3830. The van der Waals surface area contributed by atoms with Crippen LogP contribution in [0.1, 0.15) is 40.9 Å². The molecule has 0 aromatic heterocycles. The van der Waals surface area contributed by atoms with Crippen LogP contribution in [0.3, 0.4) is 0 Å². The standard InChI is InChI=1S/2C26H22ClN3O6S.Ca/c2*1-3-36-18-9-6-8-17(14-18)28-26(32)20-13-16-7-4-5-10-19(16)24(25(20)31)30-29-23-15(2)22(37(33,34)35)12-11-21(23)27;/h2*4-14,31H,3H2,1-2H3,(H,28,32)(H,33,34,35);/q;;+2/p-2. The van der Waals surface area contributed by atoms with Crippen LogP contribution in [0.4, 0.5) is 34.1 Å². The summed E-state index contributed by atoms with van der Waals surface area (Å²) in [5, 5.41) is 58.8. The van der Waals surface area contributed by atoms with E-state index >= 15 is 0 Å². The minimum atomic E-state index is -4.54. The molecule has 75 heavy (non-hydrogen) atoms. The molecule has 0 bridgehead atoms. The van der Waals surface area contributed by atoms with Gasteiger partial charge in [0.2, 0.25) is 0 Å². The minimum Gasteiger partial charge on any atom is -0.871 e. The molecule has 0 aliphatic rings. The Morgan fingerprint density at radius 2 is 1.08 bits per heavy atom. The predicted molar refractivity (Wildman–Crippen MR) is 284 cm³/mol. The van der Waals surface area contributed by atoms with Crippen molar-refractivity contribution in [3.8, 4) is 23.0 Å². The van der Waals surface area contributed by atoms with Crippen molar-refractivity contribution in [3.63, 3.8) is 0 Å². The van der Waals surface area contributed by atoms with Crippen molar-refractivity contribution in [1.82, 2.24) is 0 Å². The molecule has 0 fully saturated rings. The molecule has 23 heteroatoms. The van der Waals surface area contributed by atoms with Crippen LogP contribution in [0.2, 0.25) is 10.0 Å². The molecule has 18 nitrogen and oxygen atoms in total. The molecule has 4 N–H and O–H groups in total. The van der Waals surface area contributed by atoms with Gasteiger partial charge < -0.3 is 30.1 Å². The number of nitrogens with zero attached hydrogens (tertiary/aromatic N) is 5. The number of carbonyl (C=O) groups is 1. The summed E-state index contributed by atoms with van der Waals surface area (Å²) in [7, 11) is -9.07. The Hall–Kier alpha value is -6.72. The molecule has 0 atom stereocenters. The fourth-order valence-electron chi connectivity index (χ4n) is 7.48. The van der Waals surface area contributed by atoms with E-state index in [0.717, 1.165) is 12.1 Å². The number of phenolic OH excluding ortho intramolecular Hbond substituents is 1. The van der Waals surface area contributed by atoms with E-state index in [1.165, 1.54) is 38.1 Å². The maximum absolute atomic E-state index is 13.4. The average molecular weight is 1120 g/mol. The topological polar surface area (TPSA) is 284 Å². The maximum atomic E-state index is 13.4. The molecule has 0 radical (unpaired) electrons. The third-order valence-electron chi connectivity index (χ3n) is 10.9. The smallest absolute Gasteiger partial charge is 0.871 e. The van der Waals surface area contributed by atoms with Crippen molar-refractivity contribution < 1.29 is 55.5 Å². The molecule has 0 unspecified atom stereocenters. The number of benzene rings is 8. The van der Waals surface area contributed by atoms with E-state index in [1.54, 1.807) is 97.1 Å². The van der Waals surface area contributed by atoms with E-state index in [1.807, 2.05) is 13.8 Å². The van der Waals surface area contributed by atoms with Gasteiger partial charge >= 0.3 is 37.7 Å². The van der Waals surface area contributed by atoms with Crippen molar-refractivity contribution in [2.45, 2.75) is 37.5 Å². The first-order valence-electron chi connectivity index (χ1n) is 22.1. The Morgan fingerprint density at radius 3 is 1.61 bits per heavy atom. The van der Waals surface area contributed by atoms with Crippen molar-refractivity contribution in [1.29, 1.82) is 0 Å². The molecule has 8 rings (SSSR count). The summed E-state index contributed by atoms with van der Waals surface area (Å²) in [6.07, 6.45) is 0. The number of halogens is 2. The largest absolute Gasteiger partial charge is 2.00 e. The van der Waals surface area contributed by atoms with Gasteiger partial charge in [0, 0.05) is 28.6 Å². The number of rotatable bonds is 14. The number of ether oxygens (including phenoxy) is 2. The van der Waals surface area contributed by atoms with E-state index in [-0.39, 0.29) is 97.7 Å². The number of carbonyl (C=O) groups excluding carboxylic acids is 1. The van der Waals surface area contributed by atoms with Gasteiger partial charge in [0.1, 0.15) is 28.6 Å². The van der Waals surface area contributed by atoms with Crippen molar-refractivity contribution in [2.24, 2.45) is 25.4 Å². The third-order valence-corrected chi connectivity index (χ3v) is 13.5. The molecular weight excluding hydrogens is 1080 g/mol. The molecular formula is C52H42CaCl2N6O12S2. The van der Waals surface area contributed by atoms with Crippen LogP contribution in [0.15, 0.2) is 169 Å². The van der Waals surface area contributed by atoms with E-state index in [0.29, 0.717) is 57.6 Å². The van der Waals surface area contributed by atoms with Gasteiger partial charge in [-0.05, 0) is 122 Å². The molecule has 0 saturated carbocycles. The number of aromatic hydroxyl groups is 1. The predicted octanol–water partition coefficient (Wildman–Crippen LogP) is 11.8. The second-order valence-electron chi connectivity index (χ2n) is 15.8. The first kappa shape index (κ1) is 57.6. The van der Waals surface area contributed by atoms with Gasteiger partial charge in [-0.3, -0.25) is 18.9 Å². The molecule has 0 spiro atoms. The second-order valence-corrected chi connectivity index (χ2v) is 19.4. The van der Waals surface area contributed by atoms with Gasteiger partial charge in [-0.15, -0.1) is 15.3 Å². The van der Waals surface area contributed by atoms with Gasteiger partial charge in [-0.2, -0.15) is 21.9 Å². The average Bonchev–Trinajstić information content (AvgIpc) is 3.34. The van der Waals surface area contributed by atoms with Crippen molar-refractivity contribution in [3.05, 3.63) is 166 Å². The van der Waals surface area contributed by atoms with Crippen LogP contribution in [0.5, 0.6) is 23.0 Å². The zero-order chi connectivity index (χ0) is 53.5. The molecule has 8 aromatic carbocycles. The Kier molecular flexibility index (Phi) is 19.0. The number of phenols is 1. The van der Waals surface area contributed by atoms with E-state index < -0.39 is 48.4 Å². The fraction of sp³-hybridized carbons (Fsp3) is 0.115. The van der Waals surface area contributed by atoms with Gasteiger partial charge in [0.15, 0.2) is 5.75 Å². The van der Waals surface area contributed by atoms with Crippen LogP contribution in [-0.4, -0.2) is 93.8 Å². The Labute approximate surface area is 470 Å². The normalized spacial score (nSPS) is 11.9. The summed E-state index contributed by atoms with van der Waals surface area (Å²) in [6, 6.07) is 34.9. The number of amides is 1. The van der Waals surface area contributed by atoms with E-state index in [9.17, 15) is 46.1 Å². The number of anilines is 1. The Morgan fingerprint density at radius 1 is 0.613 bits per heavy atom. The third kappa shape index (κ3) is 13.6. The molecule has 0 aliphatic carbocycles. The summed E-state index contributed by atoms with van der Waals surface area (Å²) in [6.45, 7) is 7.40. The van der Waals surface area contributed by atoms with Crippen LogP contribution in [0, 0.1) is 13.8 Å². The maximum Gasteiger partial charge on any atom is 2.00 e. The van der Waals surface area contributed by atoms with E-state index in [4.69, 9.17) is 32.7 Å². The molecule has 0 aliphatic heterocycles. The molecule has 0 heterocycles. The first-order chi connectivity index (χ1) is 35.2. The van der Waals surface area contributed by atoms with Crippen LogP contribution < -0.4 is 25.0 Å². The van der Waals surface area contributed by atoms with Gasteiger partial charge in [-0.25, -0.2) is 0 Å². The van der Waals surface area contributed by atoms with Crippen LogP contribution in [-0.2, 0) is 20.2 Å². The summed E-state index contributed by atoms with van der Waals surface area (Å²) in [4.78, 5) is 16.4. The molecule has 8 aromatic rings. The zero-order valence-corrected chi connectivity index (χ0v) is 45.5. The number of hydrogen-bond donors (Lipinski definition) is 4. The number of nitrogens with one attached hydrogen (secondary N) is 1. The summed E-state index contributed by atoms with van der Waals surface area (Å²) < 4.78 is 76.6. The minimum absolute atomic E-state index is 0. The van der Waals surface area contributed by atoms with Gasteiger partial charge in [0.25, 0.3) is 26.1 Å². The first-order valence-corrected chi connectivity index (χ1v) is 25.7. The zero-order valence-electron chi connectivity index (χ0n) is 40.1. The summed E-state index contributed by atoms with van der Waals surface area (Å²) in [5.74, 6) is -1.39. The number of hydrogen-bond acceptors (Lipinski definition) is 15. The van der Waals surface area contributed by atoms with E-state index in [2.05, 4.69) is 30.8 Å². The number of aliphatic imine (C=N–C) groups is 1. The van der Waals surface area contributed by atoms with Gasteiger partial charge in [0.05, 0.1) is 50.0 Å². The van der Waals surface area contributed by atoms with Gasteiger partial charge in [-0.1, -0.05) is 89.6 Å².